The fraction of sp³-hybridized carbons (Fsp3) is 0.125. The Hall–Kier alpha value is -3.42. The van der Waals surface area contributed by atoms with E-state index in [0.717, 1.165) is 28.0 Å². The van der Waals surface area contributed by atoms with Crippen LogP contribution in [0.2, 0.25) is 0 Å². The first kappa shape index (κ1) is 13.1. The second-order valence-corrected chi connectivity index (χ2v) is 5.56. The molecule has 0 atom stereocenters. The van der Waals surface area contributed by atoms with Gasteiger partial charge in [-0.3, -0.25) is 0 Å². The molecule has 1 aliphatic heterocycles. The van der Waals surface area contributed by atoms with Gasteiger partial charge in [0.15, 0.2) is 17.3 Å². The molecule has 1 aliphatic rings. The lowest BCUT2D eigenvalue weighted by molar-refractivity contribution is 0.174. The third-order valence-corrected chi connectivity index (χ3v) is 3.91. The lowest BCUT2D eigenvalue weighted by atomic mass is 10.2. The summed E-state index contributed by atoms with van der Waals surface area (Å²) in [5, 5.41) is 15.2. The summed E-state index contributed by atoms with van der Waals surface area (Å²) in [5.41, 5.74) is 4.18. The third kappa shape index (κ3) is 1.93. The van der Waals surface area contributed by atoms with Crippen LogP contribution in [-0.2, 0) is 0 Å². The van der Waals surface area contributed by atoms with Crippen LogP contribution < -0.4 is 14.8 Å². The van der Waals surface area contributed by atoms with Crippen LogP contribution in [0.15, 0.2) is 36.4 Å². The molecule has 0 spiro atoms. The number of nitrogens with zero attached hydrogens (tertiary/aromatic N) is 5. The number of anilines is 2. The fourth-order valence-electron chi connectivity index (χ4n) is 2.76. The lowest BCUT2D eigenvalue weighted by Crippen LogP contribution is -2.01. The minimum absolute atomic E-state index is 0.241. The van der Waals surface area contributed by atoms with Crippen molar-refractivity contribution in [3.63, 3.8) is 0 Å². The van der Waals surface area contributed by atoms with Crippen molar-refractivity contribution in [2.75, 3.05) is 12.1 Å². The van der Waals surface area contributed by atoms with E-state index in [4.69, 9.17) is 9.47 Å². The number of fused-ring (bicyclic) bond motifs is 4. The number of hydrogen-bond donors (Lipinski definition) is 1. The van der Waals surface area contributed by atoms with E-state index in [1.54, 1.807) is 4.52 Å². The SMILES string of the molecule is Cc1ccc2nc(Nc3ccc4c(c3)OCO4)c3nnnn3c2c1. The van der Waals surface area contributed by atoms with Gasteiger partial charge in [-0.05, 0) is 47.2 Å². The van der Waals surface area contributed by atoms with Gasteiger partial charge >= 0.3 is 0 Å². The summed E-state index contributed by atoms with van der Waals surface area (Å²) in [6, 6.07) is 11.6. The van der Waals surface area contributed by atoms with Crippen LogP contribution in [0.5, 0.6) is 11.5 Å². The molecule has 2 aromatic carbocycles. The van der Waals surface area contributed by atoms with Gasteiger partial charge in [-0.2, -0.15) is 4.52 Å². The standard InChI is InChI=1S/C16H12N6O2/c1-9-2-4-11-12(6-9)22-16(19-20-21-22)15(18-11)17-10-3-5-13-14(7-10)24-8-23-13/h2-7H,8H2,1H3,(H,17,18). The van der Waals surface area contributed by atoms with Crippen molar-refractivity contribution in [1.82, 2.24) is 25.0 Å². The maximum absolute atomic E-state index is 5.40. The van der Waals surface area contributed by atoms with E-state index < -0.39 is 0 Å². The molecule has 8 heteroatoms. The van der Waals surface area contributed by atoms with Crippen molar-refractivity contribution in [3.8, 4) is 11.5 Å². The van der Waals surface area contributed by atoms with E-state index in [0.29, 0.717) is 17.2 Å². The molecule has 0 radical (unpaired) electrons. The smallest absolute Gasteiger partial charge is 0.231 e. The number of hydrogen-bond acceptors (Lipinski definition) is 7. The van der Waals surface area contributed by atoms with E-state index in [1.165, 1.54) is 0 Å². The van der Waals surface area contributed by atoms with E-state index in [9.17, 15) is 0 Å². The summed E-state index contributed by atoms with van der Waals surface area (Å²) in [5.74, 6) is 2.01. The van der Waals surface area contributed by atoms with Gasteiger partial charge in [-0.25, -0.2) is 4.98 Å². The Balaban J connectivity index is 1.65. The van der Waals surface area contributed by atoms with Crippen LogP contribution in [-0.4, -0.2) is 31.8 Å². The maximum atomic E-state index is 5.40. The highest BCUT2D eigenvalue weighted by Gasteiger charge is 2.16. The topological polar surface area (TPSA) is 86.5 Å². The van der Waals surface area contributed by atoms with Gasteiger partial charge < -0.3 is 14.8 Å². The van der Waals surface area contributed by atoms with Gasteiger partial charge in [0.25, 0.3) is 0 Å². The van der Waals surface area contributed by atoms with Gasteiger partial charge in [0.05, 0.1) is 11.0 Å². The number of nitrogens with one attached hydrogen (secondary N) is 1. The van der Waals surface area contributed by atoms with Crippen molar-refractivity contribution >= 4 is 28.2 Å². The molecule has 0 saturated heterocycles. The predicted octanol–water partition coefficient (Wildman–Crippen LogP) is 2.45. The Morgan fingerprint density at radius 3 is 2.96 bits per heavy atom. The molecule has 0 amide bonds. The van der Waals surface area contributed by atoms with E-state index in [1.807, 2.05) is 43.3 Å². The van der Waals surface area contributed by atoms with Crippen molar-refractivity contribution in [1.29, 1.82) is 0 Å². The number of tetrazole rings is 1. The van der Waals surface area contributed by atoms with Crippen LogP contribution in [0.1, 0.15) is 5.56 Å². The van der Waals surface area contributed by atoms with Gasteiger partial charge in [0, 0.05) is 11.8 Å². The zero-order valence-corrected chi connectivity index (χ0v) is 12.7. The molecular weight excluding hydrogens is 308 g/mol. The Morgan fingerprint density at radius 2 is 2.00 bits per heavy atom. The van der Waals surface area contributed by atoms with Gasteiger partial charge in [-0.1, -0.05) is 6.07 Å². The first-order valence-corrected chi connectivity index (χ1v) is 7.43. The van der Waals surface area contributed by atoms with Crippen LogP contribution >= 0.6 is 0 Å². The number of aryl methyl sites for hydroxylation is 1. The molecule has 0 unspecified atom stereocenters. The summed E-state index contributed by atoms with van der Waals surface area (Å²) in [4.78, 5) is 4.66. The second kappa shape index (κ2) is 4.79. The normalized spacial score (nSPS) is 12.9. The average Bonchev–Trinajstić information content (AvgIpc) is 3.24. The van der Waals surface area contributed by atoms with Crippen LogP contribution in [0, 0.1) is 6.92 Å². The molecule has 24 heavy (non-hydrogen) atoms. The number of rotatable bonds is 2. The van der Waals surface area contributed by atoms with Crippen molar-refractivity contribution < 1.29 is 9.47 Å². The molecule has 1 N–H and O–H groups in total. The first-order chi connectivity index (χ1) is 11.8. The Morgan fingerprint density at radius 1 is 1.08 bits per heavy atom. The van der Waals surface area contributed by atoms with Crippen molar-refractivity contribution in [2.24, 2.45) is 0 Å². The first-order valence-electron chi connectivity index (χ1n) is 7.43. The number of benzene rings is 2. The van der Waals surface area contributed by atoms with Gasteiger partial charge in [0.2, 0.25) is 12.4 Å². The Labute approximate surface area is 136 Å². The summed E-state index contributed by atoms with van der Waals surface area (Å²) in [7, 11) is 0. The second-order valence-electron chi connectivity index (χ2n) is 5.56. The van der Waals surface area contributed by atoms with Crippen molar-refractivity contribution in [3.05, 3.63) is 42.0 Å². The minimum atomic E-state index is 0.241. The molecule has 4 aromatic rings. The molecule has 8 nitrogen and oxygen atoms in total. The summed E-state index contributed by atoms with van der Waals surface area (Å²) < 4.78 is 12.4. The maximum Gasteiger partial charge on any atom is 0.231 e. The van der Waals surface area contributed by atoms with E-state index in [-0.39, 0.29) is 6.79 Å². The van der Waals surface area contributed by atoms with Crippen molar-refractivity contribution in [2.45, 2.75) is 6.92 Å². The van der Waals surface area contributed by atoms with E-state index in [2.05, 4.69) is 25.8 Å². The number of aromatic nitrogens is 5. The molecule has 0 aliphatic carbocycles. The highest BCUT2D eigenvalue weighted by Crippen LogP contribution is 2.35. The molecular formula is C16H12N6O2. The van der Waals surface area contributed by atoms with Crippen LogP contribution in [0.4, 0.5) is 11.5 Å². The third-order valence-electron chi connectivity index (χ3n) is 3.91. The van der Waals surface area contributed by atoms with Crippen LogP contribution in [0.25, 0.3) is 16.7 Å². The Kier molecular flexibility index (Phi) is 2.60. The Bertz CT molecular complexity index is 1090. The molecule has 5 rings (SSSR count). The highest BCUT2D eigenvalue weighted by atomic mass is 16.7. The quantitative estimate of drug-likeness (QED) is 0.607. The summed E-state index contributed by atoms with van der Waals surface area (Å²) in [6.07, 6.45) is 0. The molecule has 3 heterocycles. The minimum Gasteiger partial charge on any atom is -0.454 e. The molecule has 118 valence electrons. The number of ether oxygens (including phenoxy) is 2. The lowest BCUT2D eigenvalue weighted by Gasteiger charge is -2.09. The van der Waals surface area contributed by atoms with Gasteiger partial charge in [-0.15, -0.1) is 5.10 Å². The van der Waals surface area contributed by atoms with E-state index >= 15 is 0 Å². The molecule has 0 saturated carbocycles. The highest BCUT2D eigenvalue weighted by molar-refractivity contribution is 5.84. The molecule has 2 aromatic heterocycles. The summed E-state index contributed by atoms with van der Waals surface area (Å²) in [6.45, 7) is 2.26. The van der Waals surface area contributed by atoms with Crippen LogP contribution in [0.3, 0.4) is 0 Å². The fourth-order valence-corrected chi connectivity index (χ4v) is 2.76. The van der Waals surface area contributed by atoms with Gasteiger partial charge in [0.1, 0.15) is 0 Å². The monoisotopic (exact) mass is 320 g/mol. The predicted molar refractivity (Wildman–Crippen MR) is 86.7 cm³/mol. The summed E-state index contributed by atoms with van der Waals surface area (Å²) >= 11 is 0. The average molecular weight is 320 g/mol. The zero-order valence-electron chi connectivity index (χ0n) is 12.7. The zero-order chi connectivity index (χ0) is 16.1. The largest absolute Gasteiger partial charge is 0.454 e. The molecule has 0 fully saturated rings. The molecule has 0 bridgehead atoms.